The Hall–Kier alpha value is -2.80. The number of pyridine rings is 1. The van der Waals surface area contributed by atoms with Gasteiger partial charge in [-0.2, -0.15) is 0 Å². The molecule has 4 rings (SSSR count). The summed E-state index contributed by atoms with van der Waals surface area (Å²) in [5.74, 6) is -0.0344. The zero-order chi connectivity index (χ0) is 21.1. The van der Waals surface area contributed by atoms with Crippen molar-refractivity contribution in [3.05, 3.63) is 60.2 Å². The third kappa shape index (κ3) is 4.51. The van der Waals surface area contributed by atoms with Crippen molar-refractivity contribution in [1.82, 2.24) is 14.8 Å². The second kappa shape index (κ2) is 8.92. The summed E-state index contributed by atoms with van der Waals surface area (Å²) >= 11 is 0. The summed E-state index contributed by atoms with van der Waals surface area (Å²) in [6.07, 6.45) is 5.93. The van der Waals surface area contributed by atoms with Crippen LogP contribution in [0.15, 0.2) is 48.8 Å². The molecule has 0 radical (unpaired) electrons. The van der Waals surface area contributed by atoms with E-state index in [1.165, 1.54) is 12.1 Å². The van der Waals surface area contributed by atoms with Gasteiger partial charge in [-0.15, -0.1) is 0 Å². The number of hydrogen-bond acceptors (Lipinski definition) is 4. The van der Waals surface area contributed by atoms with Gasteiger partial charge in [0.2, 0.25) is 5.91 Å². The molecule has 2 fully saturated rings. The van der Waals surface area contributed by atoms with E-state index in [1.807, 2.05) is 4.90 Å². The zero-order valence-electron chi connectivity index (χ0n) is 17.1. The van der Waals surface area contributed by atoms with Crippen molar-refractivity contribution in [2.45, 2.75) is 25.3 Å². The van der Waals surface area contributed by atoms with E-state index in [0.717, 1.165) is 32.4 Å². The van der Waals surface area contributed by atoms with E-state index in [9.17, 15) is 14.0 Å². The SMILES string of the molecule is CN1C[C@H](C(=O)Nc2cccc(F)c2)C[C@@H]1C1CCN(C(=O)c2cccnc2)CC1. The summed E-state index contributed by atoms with van der Waals surface area (Å²) in [6.45, 7) is 2.15. The minimum absolute atomic E-state index is 0.0358. The number of carbonyl (C=O) groups excluding carboxylic acids is 2. The number of nitrogens with zero attached hydrogens (tertiary/aromatic N) is 3. The monoisotopic (exact) mass is 410 g/mol. The molecule has 2 aromatic rings. The van der Waals surface area contributed by atoms with Gasteiger partial charge in [-0.3, -0.25) is 14.6 Å². The number of rotatable bonds is 4. The molecule has 3 heterocycles. The number of carbonyl (C=O) groups is 2. The van der Waals surface area contributed by atoms with Crippen LogP contribution in [-0.4, -0.2) is 59.3 Å². The maximum atomic E-state index is 13.4. The van der Waals surface area contributed by atoms with Gasteiger partial charge in [0, 0.05) is 43.8 Å². The summed E-state index contributed by atoms with van der Waals surface area (Å²) in [7, 11) is 2.06. The molecule has 1 aromatic carbocycles. The number of nitrogens with one attached hydrogen (secondary N) is 1. The molecule has 0 spiro atoms. The minimum Gasteiger partial charge on any atom is -0.339 e. The maximum Gasteiger partial charge on any atom is 0.255 e. The Labute approximate surface area is 176 Å². The van der Waals surface area contributed by atoms with Crippen molar-refractivity contribution in [2.24, 2.45) is 11.8 Å². The molecule has 0 unspecified atom stereocenters. The van der Waals surface area contributed by atoms with Crippen LogP contribution in [0, 0.1) is 17.7 Å². The molecule has 2 saturated heterocycles. The van der Waals surface area contributed by atoms with E-state index in [2.05, 4.69) is 22.2 Å². The number of halogens is 1. The summed E-state index contributed by atoms with van der Waals surface area (Å²) < 4.78 is 13.4. The molecule has 0 aliphatic carbocycles. The Kier molecular flexibility index (Phi) is 6.08. The minimum atomic E-state index is -0.359. The van der Waals surface area contributed by atoms with Gasteiger partial charge in [0.15, 0.2) is 0 Å². The molecule has 0 saturated carbocycles. The van der Waals surface area contributed by atoms with Crippen LogP contribution in [0.4, 0.5) is 10.1 Å². The fourth-order valence-corrected chi connectivity index (χ4v) is 4.74. The van der Waals surface area contributed by atoms with Crippen molar-refractivity contribution in [2.75, 3.05) is 32.0 Å². The zero-order valence-corrected chi connectivity index (χ0v) is 17.1. The van der Waals surface area contributed by atoms with Crippen LogP contribution in [0.5, 0.6) is 0 Å². The van der Waals surface area contributed by atoms with Crippen molar-refractivity contribution in [1.29, 1.82) is 0 Å². The van der Waals surface area contributed by atoms with Gasteiger partial charge in [-0.1, -0.05) is 6.07 Å². The van der Waals surface area contributed by atoms with Gasteiger partial charge in [0.05, 0.1) is 11.5 Å². The predicted octanol–water partition coefficient (Wildman–Crippen LogP) is 3.03. The summed E-state index contributed by atoms with van der Waals surface area (Å²) in [5, 5.41) is 2.84. The lowest BCUT2D eigenvalue weighted by Gasteiger charge is -2.37. The average Bonchev–Trinajstić information content (AvgIpc) is 3.16. The van der Waals surface area contributed by atoms with Crippen molar-refractivity contribution in [3.8, 4) is 0 Å². The second-order valence-electron chi connectivity index (χ2n) is 8.31. The fraction of sp³-hybridized carbons (Fsp3) is 0.435. The molecular weight excluding hydrogens is 383 g/mol. The highest BCUT2D eigenvalue weighted by molar-refractivity contribution is 5.94. The molecule has 1 N–H and O–H groups in total. The Balaban J connectivity index is 1.31. The number of amides is 2. The Morgan fingerprint density at radius 1 is 1.17 bits per heavy atom. The first-order valence-electron chi connectivity index (χ1n) is 10.5. The number of anilines is 1. The molecular formula is C23H27FN4O2. The van der Waals surface area contributed by atoms with E-state index in [1.54, 1.807) is 36.7 Å². The van der Waals surface area contributed by atoms with Gasteiger partial charge in [-0.05, 0) is 62.6 Å². The molecule has 158 valence electrons. The second-order valence-corrected chi connectivity index (χ2v) is 8.31. The number of benzene rings is 1. The van der Waals surface area contributed by atoms with Crippen LogP contribution in [0.2, 0.25) is 0 Å². The lowest BCUT2D eigenvalue weighted by Crippen LogP contribution is -2.43. The highest BCUT2D eigenvalue weighted by Crippen LogP contribution is 2.33. The third-order valence-corrected chi connectivity index (χ3v) is 6.34. The predicted molar refractivity (Wildman–Crippen MR) is 112 cm³/mol. The van der Waals surface area contributed by atoms with Gasteiger partial charge in [-0.25, -0.2) is 4.39 Å². The van der Waals surface area contributed by atoms with Crippen LogP contribution in [-0.2, 0) is 4.79 Å². The van der Waals surface area contributed by atoms with E-state index < -0.39 is 0 Å². The molecule has 2 aliphatic rings. The fourth-order valence-electron chi connectivity index (χ4n) is 4.74. The topological polar surface area (TPSA) is 65.5 Å². The van der Waals surface area contributed by atoms with Crippen LogP contribution in [0.1, 0.15) is 29.6 Å². The van der Waals surface area contributed by atoms with Gasteiger partial charge >= 0.3 is 0 Å². The smallest absolute Gasteiger partial charge is 0.255 e. The van der Waals surface area contributed by atoms with E-state index in [4.69, 9.17) is 0 Å². The number of hydrogen-bond donors (Lipinski definition) is 1. The first-order chi connectivity index (χ1) is 14.5. The lowest BCUT2D eigenvalue weighted by molar-refractivity contribution is -0.119. The lowest BCUT2D eigenvalue weighted by atomic mass is 9.86. The summed E-state index contributed by atoms with van der Waals surface area (Å²) in [4.78, 5) is 33.5. The molecule has 1 aromatic heterocycles. The molecule has 7 heteroatoms. The standard InChI is InChI=1S/C23H27FN4O2/c1-27-15-18(22(29)26-20-6-2-5-19(24)13-20)12-21(27)16-7-10-28(11-8-16)23(30)17-4-3-9-25-14-17/h2-6,9,13-14,16,18,21H,7-8,10-12,15H2,1H3,(H,26,29)/t18-,21-/m1/s1. The summed E-state index contributed by atoms with van der Waals surface area (Å²) in [6, 6.07) is 9.89. The highest BCUT2D eigenvalue weighted by Gasteiger charge is 2.39. The largest absolute Gasteiger partial charge is 0.339 e. The van der Waals surface area contributed by atoms with Crippen molar-refractivity contribution < 1.29 is 14.0 Å². The Morgan fingerprint density at radius 2 is 1.97 bits per heavy atom. The van der Waals surface area contributed by atoms with E-state index >= 15 is 0 Å². The average molecular weight is 410 g/mol. The van der Waals surface area contributed by atoms with Crippen molar-refractivity contribution >= 4 is 17.5 Å². The molecule has 2 amide bonds. The Morgan fingerprint density at radius 3 is 2.67 bits per heavy atom. The number of likely N-dealkylation sites (tertiary alicyclic amines) is 2. The summed E-state index contributed by atoms with van der Waals surface area (Å²) in [5.41, 5.74) is 1.12. The molecule has 30 heavy (non-hydrogen) atoms. The van der Waals surface area contributed by atoms with E-state index in [-0.39, 0.29) is 23.5 Å². The maximum absolute atomic E-state index is 13.4. The van der Waals surface area contributed by atoms with Gasteiger partial charge in [0.1, 0.15) is 5.82 Å². The normalized spacial score (nSPS) is 22.8. The van der Waals surface area contributed by atoms with Crippen LogP contribution in [0.3, 0.4) is 0 Å². The number of aromatic nitrogens is 1. The molecule has 0 bridgehead atoms. The number of piperidine rings is 1. The highest BCUT2D eigenvalue weighted by atomic mass is 19.1. The van der Waals surface area contributed by atoms with Crippen LogP contribution in [0.25, 0.3) is 0 Å². The molecule has 2 aliphatic heterocycles. The van der Waals surface area contributed by atoms with E-state index in [0.29, 0.717) is 29.8 Å². The van der Waals surface area contributed by atoms with Gasteiger partial charge < -0.3 is 15.1 Å². The van der Waals surface area contributed by atoms with Crippen LogP contribution < -0.4 is 5.32 Å². The third-order valence-electron chi connectivity index (χ3n) is 6.34. The van der Waals surface area contributed by atoms with Crippen LogP contribution >= 0.6 is 0 Å². The molecule has 2 atom stereocenters. The molecule has 6 nitrogen and oxygen atoms in total. The van der Waals surface area contributed by atoms with Crippen molar-refractivity contribution in [3.63, 3.8) is 0 Å². The van der Waals surface area contributed by atoms with Gasteiger partial charge in [0.25, 0.3) is 5.91 Å². The Bertz CT molecular complexity index is 899. The first-order valence-corrected chi connectivity index (χ1v) is 10.5. The first kappa shape index (κ1) is 20.5. The quantitative estimate of drug-likeness (QED) is 0.842.